The van der Waals surface area contributed by atoms with Crippen LogP contribution in [-0.2, 0) is 11.2 Å². The van der Waals surface area contributed by atoms with Crippen LogP contribution in [-0.4, -0.2) is 44.1 Å². The molecule has 2 aromatic carbocycles. The maximum absolute atomic E-state index is 12.6. The Hall–Kier alpha value is -2.86. The van der Waals surface area contributed by atoms with Gasteiger partial charge in [0.05, 0.1) is 12.6 Å². The van der Waals surface area contributed by atoms with Gasteiger partial charge in [-0.25, -0.2) is 4.79 Å². The van der Waals surface area contributed by atoms with Gasteiger partial charge in [-0.2, -0.15) is 0 Å². The second kappa shape index (κ2) is 10.5. The van der Waals surface area contributed by atoms with Crippen molar-refractivity contribution in [1.82, 2.24) is 10.2 Å². The topological polar surface area (TPSA) is 70.7 Å². The number of amides is 2. The summed E-state index contributed by atoms with van der Waals surface area (Å²) in [6.07, 6.45) is 0.461. The predicted octanol–water partition coefficient (Wildman–Crippen LogP) is 3.85. The number of nitrogens with zero attached hydrogens (tertiary/aromatic N) is 1. The average Bonchev–Trinajstić information content (AvgIpc) is 2.68. The van der Waals surface area contributed by atoms with E-state index in [1.807, 2.05) is 14.1 Å². The largest absolute Gasteiger partial charge is 0.450 e. The molecule has 0 aromatic heterocycles. The van der Waals surface area contributed by atoms with Gasteiger partial charge in [0.1, 0.15) is 0 Å². The highest BCUT2D eigenvalue weighted by molar-refractivity contribution is 5.96. The number of nitrogens with one attached hydrogen (secondary N) is 2. The summed E-state index contributed by atoms with van der Waals surface area (Å²) in [6, 6.07) is 15.3. The third-order valence-corrected chi connectivity index (χ3v) is 4.50. The molecule has 2 N–H and O–H groups in total. The molecule has 0 bridgehead atoms. The lowest BCUT2D eigenvalue weighted by atomic mass is 10.0. The average molecular weight is 383 g/mol. The van der Waals surface area contributed by atoms with Gasteiger partial charge in [-0.1, -0.05) is 37.3 Å². The van der Waals surface area contributed by atoms with Crippen LogP contribution in [0, 0.1) is 0 Å². The van der Waals surface area contributed by atoms with Gasteiger partial charge in [0, 0.05) is 17.8 Å². The summed E-state index contributed by atoms with van der Waals surface area (Å²) in [5.41, 5.74) is 3.44. The maximum Gasteiger partial charge on any atom is 0.411 e. The zero-order valence-electron chi connectivity index (χ0n) is 17.0. The van der Waals surface area contributed by atoms with Crippen LogP contribution in [0.2, 0.25) is 0 Å². The van der Waals surface area contributed by atoms with Crippen LogP contribution < -0.4 is 10.6 Å². The van der Waals surface area contributed by atoms with Crippen LogP contribution in [0.1, 0.15) is 41.4 Å². The molecule has 2 amide bonds. The number of ether oxygens (including phenoxy) is 1. The normalized spacial score (nSPS) is 11.8. The summed E-state index contributed by atoms with van der Waals surface area (Å²) in [6.45, 7) is 4.63. The molecule has 2 rings (SSSR count). The highest BCUT2D eigenvalue weighted by Crippen LogP contribution is 2.19. The zero-order chi connectivity index (χ0) is 20.5. The van der Waals surface area contributed by atoms with Crippen molar-refractivity contribution in [3.05, 3.63) is 65.2 Å². The Morgan fingerprint density at radius 2 is 1.79 bits per heavy atom. The summed E-state index contributed by atoms with van der Waals surface area (Å²) >= 11 is 0. The number of rotatable bonds is 8. The van der Waals surface area contributed by atoms with E-state index in [4.69, 9.17) is 4.74 Å². The van der Waals surface area contributed by atoms with Gasteiger partial charge >= 0.3 is 6.09 Å². The zero-order valence-corrected chi connectivity index (χ0v) is 17.0. The van der Waals surface area contributed by atoms with E-state index in [1.165, 1.54) is 5.56 Å². The molecule has 0 saturated carbocycles. The summed E-state index contributed by atoms with van der Waals surface area (Å²) in [7, 11) is 3.99. The predicted molar refractivity (Wildman–Crippen MR) is 112 cm³/mol. The Kier molecular flexibility index (Phi) is 8.02. The van der Waals surface area contributed by atoms with Crippen LogP contribution in [0.4, 0.5) is 10.5 Å². The third-order valence-electron chi connectivity index (χ3n) is 4.50. The van der Waals surface area contributed by atoms with E-state index in [1.54, 1.807) is 31.2 Å². The number of benzene rings is 2. The minimum Gasteiger partial charge on any atom is -0.450 e. The molecule has 0 aliphatic heterocycles. The fraction of sp³-hybridized carbons (Fsp3) is 0.364. The molecule has 2 aromatic rings. The fourth-order valence-electron chi connectivity index (χ4n) is 2.89. The van der Waals surface area contributed by atoms with Gasteiger partial charge in [0.15, 0.2) is 0 Å². The smallest absolute Gasteiger partial charge is 0.411 e. The van der Waals surface area contributed by atoms with E-state index in [-0.39, 0.29) is 18.6 Å². The van der Waals surface area contributed by atoms with Gasteiger partial charge in [-0.15, -0.1) is 0 Å². The Morgan fingerprint density at radius 3 is 2.39 bits per heavy atom. The second-order valence-corrected chi connectivity index (χ2v) is 6.71. The lowest BCUT2D eigenvalue weighted by Gasteiger charge is -2.25. The summed E-state index contributed by atoms with van der Waals surface area (Å²) < 4.78 is 4.86. The van der Waals surface area contributed by atoms with Crippen molar-refractivity contribution in [3.8, 4) is 0 Å². The molecule has 0 aliphatic rings. The van der Waals surface area contributed by atoms with Crippen LogP contribution in [0.3, 0.4) is 0 Å². The van der Waals surface area contributed by atoms with E-state index in [0.29, 0.717) is 17.8 Å². The number of hydrogen-bond donors (Lipinski definition) is 2. The van der Waals surface area contributed by atoms with Gasteiger partial charge in [0.2, 0.25) is 0 Å². The van der Waals surface area contributed by atoms with Gasteiger partial charge in [-0.3, -0.25) is 10.1 Å². The van der Waals surface area contributed by atoms with Crippen LogP contribution in [0.5, 0.6) is 0 Å². The molecule has 0 heterocycles. The molecular formula is C22H29N3O3. The van der Waals surface area contributed by atoms with Crippen molar-refractivity contribution in [2.24, 2.45) is 0 Å². The van der Waals surface area contributed by atoms with E-state index in [0.717, 1.165) is 12.0 Å². The number of aryl methyl sites for hydroxylation is 1. The van der Waals surface area contributed by atoms with Crippen molar-refractivity contribution in [2.75, 3.05) is 32.6 Å². The molecule has 1 atom stereocenters. The minimum absolute atomic E-state index is 0.0655. The standard InChI is InChI=1S/C22H29N3O3/c1-5-16-10-12-17(13-11-16)20(25(3)4)15-23-21(26)18-8-7-9-19(14-18)24-22(27)28-6-2/h7-14,20H,5-6,15H2,1-4H3,(H,23,26)(H,24,27). The monoisotopic (exact) mass is 383 g/mol. The highest BCUT2D eigenvalue weighted by Gasteiger charge is 2.16. The Morgan fingerprint density at radius 1 is 1.07 bits per heavy atom. The molecule has 0 fully saturated rings. The van der Waals surface area contributed by atoms with Crippen molar-refractivity contribution < 1.29 is 14.3 Å². The van der Waals surface area contributed by atoms with Crippen molar-refractivity contribution in [3.63, 3.8) is 0 Å². The van der Waals surface area contributed by atoms with E-state index >= 15 is 0 Å². The fourth-order valence-corrected chi connectivity index (χ4v) is 2.89. The number of hydrogen-bond acceptors (Lipinski definition) is 4. The number of carbonyl (C=O) groups is 2. The molecule has 6 heteroatoms. The van der Waals surface area contributed by atoms with Crippen molar-refractivity contribution in [1.29, 1.82) is 0 Å². The lowest BCUT2D eigenvalue weighted by molar-refractivity contribution is 0.0941. The first-order chi connectivity index (χ1) is 13.4. The first-order valence-electron chi connectivity index (χ1n) is 9.51. The molecule has 0 radical (unpaired) electrons. The number of carbonyl (C=O) groups excluding carboxylic acids is 2. The maximum atomic E-state index is 12.6. The van der Waals surface area contributed by atoms with Gasteiger partial charge in [-0.05, 0) is 56.8 Å². The van der Waals surface area contributed by atoms with E-state index < -0.39 is 6.09 Å². The Balaban J connectivity index is 2.03. The first-order valence-corrected chi connectivity index (χ1v) is 9.51. The Labute approximate surface area is 166 Å². The van der Waals surface area contributed by atoms with Crippen molar-refractivity contribution >= 4 is 17.7 Å². The SMILES string of the molecule is CCOC(=O)Nc1cccc(C(=O)NCC(c2ccc(CC)cc2)N(C)C)c1. The van der Waals surface area contributed by atoms with Gasteiger partial charge < -0.3 is 15.0 Å². The van der Waals surface area contributed by atoms with Crippen LogP contribution >= 0.6 is 0 Å². The lowest BCUT2D eigenvalue weighted by Crippen LogP contribution is -2.34. The highest BCUT2D eigenvalue weighted by atomic mass is 16.5. The quantitative estimate of drug-likeness (QED) is 0.726. The molecule has 6 nitrogen and oxygen atoms in total. The first kappa shape index (κ1) is 21.4. The summed E-state index contributed by atoms with van der Waals surface area (Å²) in [5, 5.41) is 5.60. The molecular weight excluding hydrogens is 354 g/mol. The molecule has 28 heavy (non-hydrogen) atoms. The molecule has 0 aliphatic carbocycles. The summed E-state index contributed by atoms with van der Waals surface area (Å²) in [4.78, 5) is 26.2. The van der Waals surface area contributed by atoms with Crippen LogP contribution in [0.25, 0.3) is 0 Å². The molecule has 0 spiro atoms. The second-order valence-electron chi connectivity index (χ2n) is 6.71. The number of anilines is 1. The molecule has 0 saturated heterocycles. The van der Waals surface area contributed by atoms with Crippen LogP contribution in [0.15, 0.2) is 48.5 Å². The molecule has 150 valence electrons. The number of likely N-dealkylation sites (N-methyl/N-ethyl adjacent to an activating group) is 1. The minimum atomic E-state index is -0.539. The van der Waals surface area contributed by atoms with E-state index in [9.17, 15) is 9.59 Å². The van der Waals surface area contributed by atoms with Gasteiger partial charge in [0.25, 0.3) is 5.91 Å². The molecule has 1 unspecified atom stereocenters. The third kappa shape index (κ3) is 6.09. The summed E-state index contributed by atoms with van der Waals surface area (Å²) in [5.74, 6) is -0.190. The van der Waals surface area contributed by atoms with E-state index in [2.05, 4.69) is 46.7 Å². The Bertz CT molecular complexity index is 788. The van der Waals surface area contributed by atoms with Crippen molar-refractivity contribution in [2.45, 2.75) is 26.3 Å².